The number of likely N-dealkylation sites (tertiary alicyclic amines) is 1. The Kier molecular flexibility index (Phi) is 4.17. The third kappa shape index (κ3) is 3.19. The van der Waals surface area contributed by atoms with E-state index < -0.39 is 0 Å². The van der Waals surface area contributed by atoms with Crippen molar-refractivity contribution in [3.05, 3.63) is 17.6 Å². The van der Waals surface area contributed by atoms with Crippen LogP contribution in [0, 0.1) is 6.92 Å². The Hall–Kier alpha value is -1.16. The van der Waals surface area contributed by atoms with Crippen LogP contribution in [-0.4, -0.2) is 40.5 Å². The summed E-state index contributed by atoms with van der Waals surface area (Å²) >= 11 is 0. The van der Waals surface area contributed by atoms with Crippen molar-refractivity contribution in [3.8, 4) is 0 Å². The van der Waals surface area contributed by atoms with Gasteiger partial charge in [-0.05, 0) is 40.2 Å². The lowest BCUT2D eigenvalue weighted by molar-refractivity contribution is 0.190. The summed E-state index contributed by atoms with van der Waals surface area (Å²) in [6.07, 6.45) is 3.33. The molecule has 0 spiro atoms. The van der Waals surface area contributed by atoms with E-state index in [0.29, 0.717) is 12.1 Å². The van der Waals surface area contributed by atoms with Gasteiger partial charge in [-0.15, -0.1) is 0 Å². The average Bonchev–Trinajstić information content (AvgIpc) is 2.33. The first kappa shape index (κ1) is 13.3. The first-order chi connectivity index (χ1) is 8.58. The van der Waals surface area contributed by atoms with Gasteiger partial charge in [0.15, 0.2) is 0 Å². The molecule has 4 heteroatoms. The predicted molar refractivity (Wildman–Crippen MR) is 74.9 cm³/mol. The molecule has 0 amide bonds. The molecule has 1 aliphatic rings. The Morgan fingerprint density at radius 3 is 2.89 bits per heavy atom. The highest BCUT2D eigenvalue weighted by molar-refractivity contribution is 5.37. The molecule has 0 bridgehead atoms. The summed E-state index contributed by atoms with van der Waals surface area (Å²) in [7, 11) is 2.20. The van der Waals surface area contributed by atoms with Gasteiger partial charge in [0.1, 0.15) is 11.6 Å². The molecule has 18 heavy (non-hydrogen) atoms. The van der Waals surface area contributed by atoms with Gasteiger partial charge in [0.25, 0.3) is 0 Å². The lowest BCUT2D eigenvalue weighted by Gasteiger charge is -2.35. The van der Waals surface area contributed by atoms with E-state index in [-0.39, 0.29) is 0 Å². The molecule has 1 saturated heterocycles. The highest BCUT2D eigenvalue weighted by Crippen LogP contribution is 2.19. The smallest absolute Gasteiger partial charge is 0.130 e. The summed E-state index contributed by atoms with van der Waals surface area (Å²) in [5.74, 6) is 1.85. The first-order valence-electron chi connectivity index (χ1n) is 6.89. The van der Waals surface area contributed by atoms with Gasteiger partial charge >= 0.3 is 0 Å². The van der Waals surface area contributed by atoms with Gasteiger partial charge < -0.3 is 10.2 Å². The van der Waals surface area contributed by atoms with Crippen LogP contribution in [0.15, 0.2) is 6.07 Å². The molecule has 1 fully saturated rings. The Bertz CT molecular complexity index is 405. The summed E-state index contributed by atoms with van der Waals surface area (Å²) in [6, 6.07) is 3.26. The molecule has 1 N–H and O–H groups in total. The third-order valence-electron chi connectivity index (χ3n) is 3.81. The fourth-order valence-corrected chi connectivity index (χ4v) is 2.51. The number of aryl methyl sites for hydroxylation is 2. The van der Waals surface area contributed by atoms with Crippen molar-refractivity contribution < 1.29 is 0 Å². The van der Waals surface area contributed by atoms with Crippen LogP contribution in [0.1, 0.15) is 38.2 Å². The number of piperidine rings is 1. The van der Waals surface area contributed by atoms with Crippen molar-refractivity contribution in [1.82, 2.24) is 14.9 Å². The van der Waals surface area contributed by atoms with Gasteiger partial charge in [-0.25, -0.2) is 9.97 Å². The van der Waals surface area contributed by atoms with Crippen LogP contribution >= 0.6 is 0 Å². The summed E-state index contributed by atoms with van der Waals surface area (Å²) < 4.78 is 0. The quantitative estimate of drug-likeness (QED) is 0.890. The van der Waals surface area contributed by atoms with Gasteiger partial charge in [0.05, 0.1) is 0 Å². The second-order valence-corrected chi connectivity index (χ2v) is 5.34. The lowest BCUT2D eigenvalue weighted by Crippen LogP contribution is -2.42. The van der Waals surface area contributed by atoms with Crippen molar-refractivity contribution in [1.29, 1.82) is 0 Å². The van der Waals surface area contributed by atoms with Crippen LogP contribution in [-0.2, 0) is 6.42 Å². The van der Waals surface area contributed by atoms with E-state index in [2.05, 4.69) is 47.1 Å². The minimum Gasteiger partial charge on any atom is -0.367 e. The van der Waals surface area contributed by atoms with E-state index in [4.69, 9.17) is 0 Å². The van der Waals surface area contributed by atoms with Gasteiger partial charge in [-0.3, -0.25) is 0 Å². The maximum atomic E-state index is 4.48. The predicted octanol–water partition coefficient (Wildman–Crippen LogP) is 2.24. The van der Waals surface area contributed by atoms with Crippen molar-refractivity contribution in [3.63, 3.8) is 0 Å². The molecule has 100 valence electrons. The Morgan fingerprint density at radius 2 is 2.22 bits per heavy atom. The lowest BCUT2D eigenvalue weighted by atomic mass is 9.99. The molecule has 1 aliphatic heterocycles. The standard InChI is InChI=1S/C14H24N4/c1-5-12-9-14(16-11(3)15-12)17-13-6-7-18(4)10(2)8-13/h9-10,13H,5-8H2,1-4H3,(H,15,16,17). The minimum absolute atomic E-state index is 0.537. The van der Waals surface area contributed by atoms with Crippen LogP contribution in [0.3, 0.4) is 0 Å². The molecule has 0 saturated carbocycles. The Morgan fingerprint density at radius 1 is 1.44 bits per heavy atom. The van der Waals surface area contributed by atoms with Crippen LogP contribution in [0.2, 0.25) is 0 Å². The number of nitrogens with one attached hydrogen (secondary N) is 1. The number of aromatic nitrogens is 2. The fourth-order valence-electron chi connectivity index (χ4n) is 2.51. The number of rotatable bonds is 3. The SMILES string of the molecule is CCc1cc(NC2CCN(C)C(C)C2)nc(C)n1. The van der Waals surface area contributed by atoms with Crippen LogP contribution in [0.4, 0.5) is 5.82 Å². The molecule has 2 atom stereocenters. The maximum Gasteiger partial charge on any atom is 0.130 e. The summed E-state index contributed by atoms with van der Waals surface area (Å²) in [5.41, 5.74) is 1.12. The summed E-state index contributed by atoms with van der Waals surface area (Å²) in [5, 5.41) is 3.57. The number of anilines is 1. The molecule has 4 nitrogen and oxygen atoms in total. The van der Waals surface area contributed by atoms with Crippen LogP contribution < -0.4 is 5.32 Å². The van der Waals surface area contributed by atoms with E-state index in [9.17, 15) is 0 Å². The number of hydrogen-bond acceptors (Lipinski definition) is 4. The number of nitrogens with zero attached hydrogens (tertiary/aromatic N) is 3. The molecule has 0 aromatic carbocycles. The van der Waals surface area contributed by atoms with Crippen molar-refractivity contribution in [2.45, 2.75) is 52.1 Å². The highest BCUT2D eigenvalue weighted by Gasteiger charge is 2.22. The molecular weight excluding hydrogens is 224 g/mol. The summed E-state index contributed by atoms with van der Waals surface area (Å²) in [4.78, 5) is 11.3. The molecule has 0 aliphatic carbocycles. The average molecular weight is 248 g/mol. The normalized spacial score (nSPS) is 25.1. The number of hydrogen-bond donors (Lipinski definition) is 1. The molecule has 1 aromatic heterocycles. The zero-order valence-electron chi connectivity index (χ0n) is 11.9. The van der Waals surface area contributed by atoms with E-state index in [1.807, 2.05) is 6.92 Å². The van der Waals surface area contributed by atoms with Gasteiger partial charge in [0, 0.05) is 30.4 Å². The Balaban J connectivity index is 2.03. The molecule has 2 unspecified atom stereocenters. The monoisotopic (exact) mass is 248 g/mol. The van der Waals surface area contributed by atoms with E-state index >= 15 is 0 Å². The van der Waals surface area contributed by atoms with E-state index in [1.165, 1.54) is 12.8 Å². The highest BCUT2D eigenvalue weighted by atomic mass is 15.2. The van der Waals surface area contributed by atoms with Crippen LogP contribution in [0.25, 0.3) is 0 Å². The molecular formula is C14H24N4. The second kappa shape index (κ2) is 5.65. The van der Waals surface area contributed by atoms with Crippen molar-refractivity contribution >= 4 is 5.82 Å². The first-order valence-corrected chi connectivity index (χ1v) is 6.89. The van der Waals surface area contributed by atoms with E-state index in [0.717, 1.165) is 30.3 Å². The maximum absolute atomic E-state index is 4.48. The van der Waals surface area contributed by atoms with Gasteiger partial charge in [-0.2, -0.15) is 0 Å². The van der Waals surface area contributed by atoms with Crippen LogP contribution in [0.5, 0.6) is 0 Å². The van der Waals surface area contributed by atoms with E-state index in [1.54, 1.807) is 0 Å². The van der Waals surface area contributed by atoms with Crippen molar-refractivity contribution in [2.75, 3.05) is 18.9 Å². The zero-order chi connectivity index (χ0) is 13.1. The van der Waals surface area contributed by atoms with Gasteiger partial charge in [0.2, 0.25) is 0 Å². The summed E-state index contributed by atoms with van der Waals surface area (Å²) in [6.45, 7) is 7.53. The minimum atomic E-state index is 0.537. The second-order valence-electron chi connectivity index (χ2n) is 5.34. The zero-order valence-corrected chi connectivity index (χ0v) is 11.9. The van der Waals surface area contributed by atoms with Gasteiger partial charge in [-0.1, -0.05) is 6.92 Å². The molecule has 0 radical (unpaired) electrons. The van der Waals surface area contributed by atoms with Crippen molar-refractivity contribution in [2.24, 2.45) is 0 Å². The molecule has 2 heterocycles. The largest absolute Gasteiger partial charge is 0.367 e. The fraction of sp³-hybridized carbons (Fsp3) is 0.714. The molecule has 1 aromatic rings. The Labute approximate surface area is 110 Å². The topological polar surface area (TPSA) is 41.0 Å². The third-order valence-corrected chi connectivity index (χ3v) is 3.81. The molecule has 2 rings (SSSR count).